The fourth-order valence-electron chi connectivity index (χ4n) is 3.80. The molecule has 0 atom stereocenters. The van der Waals surface area contributed by atoms with E-state index in [1.807, 2.05) is 26.8 Å². The van der Waals surface area contributed by atoms with E-state index in [0.29, 0.717) is 46.0 Å². The number of nitrogens with one attached hydrogen (secondary N) is 1. The van der Waals surface area contributed by atoms with Gasteiger partial charge in [-0.3, -0.25) is 4.79 Å². The fraction of sp³-hybridized carbons (Fsp3) is 0.233. The zero-order valence-electron chi connectivity index (χ0n) is 21.8. The van der Waals surface area contributed by atoms with Gasteiger partial charge >= 0.3 is 5.97 Å². The second kappa shape index (κ2) is 13.5. The van der Waals surface area contributed by atoms with Crippen LogP contribution >= 0.6 is 15.9 Å². The summed E-state index contributed by atoms with van der Waals surface area (Å²) in [6, 6.07) is 17.9. The highest BCUT2D eigenvalue weighted by Crippen LogP contribution is 2.38. The second-order valence-electron chi connectivity index (χ2n) is 8.47. The topological polar surface area (TPSA) is 97.7 Å². The van der Waals surface area contributed by atoms with Gasteiger partial charge in [0.25, 0.3) is 5.91 Å². The van der Waals surface area contributed by atoms with Crippen molar-refractivity contribution in [1.82, 2.24) is 0 Å². The highest BCUT2D eigenvalue weighted by Gasteiger charge is 2.15. The summed E-state index contributed by atoms with van der Waals surface area (Å²) in [6.45, 7) is 8.72. The summed E-state index contributed by atoms with van der Waals surface area (Å²) < 4.78 is 17.5. The number of amides is 1. The average Bonchev–Trinajstić information content (AvgIpc) is 2.87. The Morgan fingerprint density at radius 2 is 1.66 bits per heavy atom. The Hall–Kier alpha value is -4.09. The molecule has 0 heterocycles. The molecule has 0 aliphatic heterocycles. The van der Waals surface area contributed by atoms with E-state index >= 15 is 0 Å². The molecule has 0 saturated carbocycles. The molecular weight excluding hydrogens is 548 g/mol. The second-order valence-corrected chi connectivity index (χ2v) is 9.32. The minimum absolute atomic E-state index is 0.0993. The van der Waals surface area contributed by atoms with Crippen molar-refractivity contribution in [2.45, 2.75) is 34.3 Å². The summed E-state index contributed by atoms with van der Waals surface area (Å²) in [5.74, 6) is -0.00161. The molecule has 0 unspecified atom stereocenters. The van der Waals surface area contributed by atoms with Crippen LogP contribution in [0.4, 0.5) is 5.69 Å². The highest BCUT2D eigenvalue weighted by molar-refractivity contribution is 9.10. The molecule has 196 valence electrons. The Morgan fingerprint density at radius 3 is 2.26 bits per heavy atom. The van der Waals surface area contributed by atoms with Crippen LogP contribution in [0.25, 0.3) is 6.08 Å². The van der Waals surface area contributed by atoms with Gasteiger partial charge in [0.1, 0.15) is 18.2 Å². The minimum Gasteiger partial charge on any atom is -0.490 e. The molecule has 1 amide bonds. The molecule has 0 spiro atoms. The Balaban J connectivity index is 1.80. The molecule has 1 N–H and O–H groups in total. The molecule has 0 bridgehead atoms. The molecular formula is C30H29BrN2O5. The van der Waals surface area contributed by atoms with Gasteiger partial charge in [-0.05, 0) is 97.2 Å². The summed E-state index contributed by atoms with van der Waals surface area (Å²) in [5, 5.41) is 12.3. The van der Waals surface area contributed by atoms with E-state index in [-0.39, 0.29) is 12.2 Å². The molecule has 0 fully saturated rings. The molecule has 38 heavy (non-hydrogen) atoms. The fourth-order valence-corrected chi connectivity index (χ4v) is 4.37. The van der Waals surface area contributed by atoms with Gasteiger partial charge in [-0.15, -0.1) is 0 Å². The number of carbonyl (C=O) groups is 2. The van der Waals surface area contributed by atoms with Crippen LogP contribution in [0.1, 0.15) is 46.5 Å². The number of esters is 1. The van der Waals surface area contributed by atoms with Crippen molar-refractivity contribution in [2.24, 2.45) is 0 Å². The first-order valence-corrected chi connectivity index (χ1v) is 12.9. The van der Waals surface area contributed by atoms with E-state index in [1.165, 1.54) is 6.08 Å². The van der Waals surface area contributed by atoms with Crippen LogP contribution in [0.3, 0.4) is 0 Å². The van der Waals surface area contributed by atoms with E-state index in [0.717, 1.165) is 16.7 Å². The summed E-state index contributed by atoms with van der Waals surface area (Å²) in [6.07, 6.45) is 1.48. The Kier molecular flexibility index (Phi) is 10.1. The number of benzene rings is 3. The van der Waals surface area contributed by atoms with E-state index < -0.39 is 11.9 Å². The Labute approximate surface area is 231 Å². The molecule has 0 aromatic heterocycles. The largest absolute Gasteiger partial charge is 0.490 e. The molecule has 3 aromatic rings. The van der Waals surface area contributed by atoms with Crippen LogP contribution < -0.4 is 14.8 Å². The zero-order chi connectivity index (χ0) is 27.7. The van der Waals surface area contributed by atoms with Crippen molar-refractivity contribution < 1.29 is 23.8 Å². The Morgan fingerprint density at radius 1 is 0.974 bits per heavy atom. The van der Waals surface area contributed by atoms with Gasteiger partial charge in [0.15, 0.2) is 11.5 Å². The maximum atomic E-state index is 12.8. The molecule has 0 aliphatic rings. The summed E-state index contributed by atoms with van der Waals surface area (Å²) in [5.41, 5.74) is 4.65. The summed E-state index contributed by atoms with van der Waals surface area (Å²) in [4.78, 5) is 24.6. The van der Waals surface area contributed by atoms with Crippen molar-refractivity contribution in [1.29, 1.82) is 5.26 Å². The van der Waals surface area contributed by atoms with Crippen LogP contribution in [0.15, 0.2) is 64.6 Å². The molecule has 0 saturated heterocycles. The maximum absolute atomic E-state index is 12.8. The molecule has 0 aliphatic carbocycles. The van der Waals surface area contributed by atoms with Crippen LogP contribution in [0, 0.1) is 25.2 Å². The number of rotatable bonds is 10. The minimum atomic E-state index is -0.583. The van der Waals surface area contributed by atoms with Crippen molar-refractivity contribution >= 4 is 39.6 Å². The van der Waals surface area contributed by atoms with Crippen molar-refractivity contribution in [3.63, 3.8) is 0 Å². The van der Waals surface area contributed by atoms with Crippen LogP contribution in [0.5, 0.6) is 11.5 Å². The number of hydrogen-bond acceptors (Lipinski definition) is 6. The van der Waals surface area contributed by atoms with Gasteiger partial charge in [-0.1, -0.05) is 29.3 Å². The third-order valence-electron chi connectivity index (χ3n) is 5.33. The number of aryl methyl sites for hydroxylation is 2. The third kappa shape index (κ3) is 7.70. The smallest absolute Gasteiger partial charge is 0.338 e. The lowest BCUT2D eigenvalue weighted by molar-refractivity contribution is -0.112. The van der Waals surface area contributed by atoms with E-state index in [2.05, 4.69) is 39.4 Å². The average molecular weight is 577 g/mol. The van der Waals surface area contributed by atoms with E-state index in [4.69, 9.17) is 14.2 Å². The van der Waals surface area contributed by atoms with Crippen molar-refractivity contribution in [3.8, 4) is 17.6 Å². The number of carbonyl (C=O) groups excluding carboxylic acids is 2. The predicted octanol–water partition coefficient (Wildman–Crippen LogP) is 6.77. The van der Waals surface area contributed by atoms with Gasteiger partial charge in [-0.2, -0.15) is 5.26 Å². The number of anilines is 1. The van der Waals surface area contributed by atoms with Crippen LogP contribution in [-0.4, -0.2) is 25.1 Å². The predicted molar refractivity (Wildman–Crippen MR) is 150 cm³/mol. The molecule has 0 radical (unpaired) electrons. The van der Waals surface area contributed by atoms with E-state index in [1.54, 1.807) is 43.3 Å². The maximum Gasteiger partial charge on any atom is 0.338 e. The lowest BCUT2D eigenvalue weighted by Gasteiger charge is -2.15. The molecule has 3 aromatic carbocycles. The number of halogens is 1. The van der Waals surface area contributed by atoms with Gasteiger partial charge in [0, 0.05) is 5.69 Å². The van der Waals surface area contributed by atoms with Crippen molar-refractivity contribution in [3.05, 3.63) is 92.5 Å². The number of hydrogen-bond donors (Lipinski definition) is 1. The van der Waals surface area contributed by atoms with Gasteiger partial charge in [0.05, 0.1) is 23.2 Å². The summed E-state index contributed by atoms with van der Waals surface area (Å²) >= 11 is 3.55. The van der Waals surface area contributed by atoms with Crippen LogP contribution in [-0.2, 0) is 16.1 Å². The number of ether oxygens (including phenoxy) is 3. The summed E-state index contributed by atoms with van der Waals surface area (Å²) in [7, 11) is 0. The van der Waals surface area contributed by atoms with Gasteiger partial charge in [0.2, 0.25) is 0 Å². The molecule has 7 nitrogen and oxygen atoms in total. The first kappa shape index (κ1) is 28.5. The monoisotopic (exact) mass is 576 g/mol. The van der Waals surface area contributed by atoms with Gasteiger partial charge in [-0.25, -0.2) is 4.79 Å². The zero-order valence-corrected chi connectivity index (χ0v) is 23.3. The lowest BCUT2D eigenvalue weighted by atomic mass is 10.1. The van der Waals surface area contributed by atoms with Crippen LogP contribution in [0.2, 0.25) is 0 Å². The first-order valence-electron chi connectivity index (χ1n) is 12.1. The standard InChI is InChI=1S/C30H29BrN2O5/c1-5-36-27-16-21(15-26(31)28(27)38-18-22-12-19(3)11-20(4)13-22)14-24(17-32)29(34)33-25-9-7-23(8-10-25)30(35)37-6-2/h7-16H,5-6,18H2,1-4H3,(H,33,34)/b24-14+. The van der Waals surface area contributed by atoms with Gasteiger partial charge < -0.3 is 19.5 Å². The van der Waals surface area contributed by atoms with E-state index in [9.17, 15) is 14.9 Å². The van der Waals surface area contributed by atoms with Crippen molar-refractivity contribution in [2.75, 3.05) is 18.5 Å². The lowest BCUT2D eigenvalue weighted by Crippen LogP contribution is -2.13. The third-order valence-corrected chi connectivity index (χ3v) is 5.92. The quantitative estimate of drug-likeness (QED) is 0.162. The highest BCUT2D eigenvalue weighted by atomic mass is 79.9. The number of nitrogens with zero attached hydrogens (tertiary/aromatic N) is 1. The first-order chi connectivity index (χ1) is 18.2. The number of nitriles is 1. The Bertz CT molecular complexity index is 1370. The normalized spacial score (nSPS) is 10.9. The molecule has 3 rings (SSSR count). The molecule has 8 heteroatoms. The SMILES string of the molecule is CCOC(=O)c1ccc(NC(=O)/C(C#N)=C/c2cc(Br)c(OCc3cc(C)cc(C)c3)c(OCC)c2)cc1.